The highest BCUT2D eigenvalue weighted by molar-refractivity contribution is 5.93. The number of fused-ring (bicyclic) bond motifs is 2. The molecule has 12 heavy (non-hydrogen) atoms. The first-order valence-corrected chi connectivity index (χ1v) is 4.54. The van der Waals surface area contributed by atoms with Crippen LogP contribution in [0.25, 0.3) is 0 Å². The van der Waals surface area contributed by atoms with Crippen LogP contribution in [0.5, 0.6) is 0 Å². The second-order valence-electron chi connectivity index (χ2n) is 4.60. The molecule has 2 rings (SSSR count). The maximum atomic E-state index is 11.6. The van der Waals surface area contributed by atoms with Crippen LogP contribution < -0.4 is 0 Å². The quantitative estimate of drug-likeness (QED) is 0.554. The van der Waals surface area contributed by atoms with E-state index in [2.05, 4.69) is 0 Å². The van der Waals surface area contributed by atoms with E-state index in [0.717, 1.165) is 19.1 Å². The summed E-state index contributed by atoms with van der Waals surface area (Å²) >= 11 is 0. The van der Waals surface area contributed by atoms with Gasteiger partial charge >= 0.3 is 0 Å². The molecule has 2 nitrogen and oxygen atoms in total. The van der Waals surface area contributed by atoms with E-state index in [-0.39, 0.29) is 10.8 Å². The lowest BCUT2D eigenvalue weighted by Crippen LogP contribution is -2.36. The molecule has 0 spiro atoms. The van der Waals surface area contributed by atoms with E-state index < -0.39 is 0 Å². The molecule has 2 fully saturated rings. The van der Waals surface area contributed by atoms with Crippen LogP contribution in [0, 0.1) is 16.7 Å². The number of carbonyl (C=O) groups is 2. The van der Waals surface area contributed by atoms with Gasteiger partial charge in [0.25, 0.3) is 0 Å². The second kappa shape index (κ2) is 1.98. The van der Waals surface area contributed by atoms with Crippen molar-refractivity contribution in [1.82, 2.24) is 0 Å². The van der Waals surface area contributed by atoms with Crippen molar-refractivity contribution in [2.24, 2.45) is 16.7 Å². The van der Waals surface area contributed by atoms with Crippen LogP contribution in [0.3, 0.4) is 0 Å². The van der Waals surface area contributed by atoms with Crippen molar-refractivity contribution in [1.29, 1.82) is 0 Å². The van der Waals surface area contributed by atoms with Crippen molar-refractivity contribution >= 4 is 12.1 Å². The van der Waals surface area contributed by atoms with Crippen molar-refractivity contribution in [2.75, 3.05) is 0 Å². The molecule has 0 aromatic heterocycles. The predicted octanol–water partition coefficient (Wildman–Crippen LogP) is 1.58. The van der Waals surface area contributed by atoms with Gasteiger partial charge in [-0.05, 0) is 18.8 Å². The molecule has 0 unspecified atom stereocenters. The number of aldehydes is 1. The van der Waals surface area contributed by atoms with Crippen molar-refractivity contribution < 1.29 is 9.59 Å². The molecule has 2 heteroatoms. The van der Waals surface area contributed by atoms with Gasteiger partial charge in [-0.25, -0.2) is 0 Å². The van der Waals surface area contributed by atoms with Crippen molar-refractivity contribution in [3.8, 4) is 0 Å². The number of Topliss-reactive ketones (excluding diaryl/α,β-unsaturated/α-hetero) is 1. The first-order chi connectivity index (χ1) is 5.54. The average molecular weight is 166 g/mol. The lowest BCUT2D eigenvalue weighted by Gasteiger charge is -2.30. The summed E-state index contributed by atoms with van der Waals surface area (Å²) < 4.78 is 0. The smallest absolute Gasteiger partial charge is 0.140 e. The molecule has 2 saturated carbocycles. The number of hydrogen-bond donors (Lipinski definition) is 0. The Bertz CT molecular complexity index is 257. The summed E-state index contributed by atoms with van der Waals surface area (Å²) in [5.41, 5.74) is -0.691. The highest BCUT2D eigenvalue weighted by Crippen LogP contribution is 2.62. The third kappa shape index (κ3) is 0.584. The molecule has 0 aromatic carbocycles. The molecule has 0 saturated heterocycles. The fourth-order valence-corrected chi connectivity index (χ4v) is 2.91. The predicted molar refractivity (Wildman–Crippen MR) is 44.6 cm³/mol. The largest absolute Gasteiger partial charge is 0.303 e. The first kappa shape index (κ1) is 7.96. The Morgan fingerprint density at radius 2 is 2.17 bits per heavy atom. The molecule has 0 aliphatic heterocycles. The molecular weight excluding hydrogens is 152 g/mol. The van der Waals surface area contributed by atoms with Crippen LogP contribution in [0.2, 0.25) is 0 Å². The van der Waals surface area contributed by atoms with E-state index in [1.807, 2.05) is 13.8 Å². The highest BCUT2D eigenvalue weighted by atomic mass is 16.1. The third-order valence-electron chi connectivity index (χ3n) is 4.32. The van der Waals surface area contributed by atoms with Gasteiger partial charge in [-0.2, -0.15) is 0 Å². The SMILES string of the molecule is C[C@]1(C=O)[C@H]2CC[C@]1(C)C(=O)C2. The molecule has 66 valence electrons. The topological polar surface area (TPSA) is 34.1 Å². The van der Waals surface area contributed by atoms with Crippen molar-refractivity contribution in [2.45, 2.75) is 33.1 Å². The lowest BCUT2D eigenvalue weighted by molar-refractivity contribution is -0.132. The van der Waals surface area contributed by atoms with Gasteiger partial charge in [-0.15, -0.1) is 0 Å². The molecule has 0 radical (unpaired) electrons. The van der Waals surface area contributed by atoms with Gasteiger partial charge in [0, 0.05) is 17.3 Å². The Kier molecular flexibility index (Phi) is 1.31. The van der Waals surface area contributed by atoms with Crippen LogP contribution >= 0.6 is 0 Å². The van der Waals surface area contributed by atoms with Gasteiger partial charge in [0.1, 0.15) is 12.1 Å². The van der Waals surface area contributed by atoms with Crippen LogP contribution in [0.4, 0.5) is 0 Å². The number of ketones is 1. The minimum atomic E-state index is -0.357. The monoisotopic (exact) mass is 166 g/mol. The maximum absolute atomic E-state index is 11.6. The van der Waals surface area contributed by atoms with Crippen LogP contribution in [0.1, 0.15) is 33.1 Å². The Morgan fingerprint density at radius 3 is 2.42 bits per heavy atom. The Hall–Kier alpha value is -0.660. The first-order valence-electron chi connectivity index (χ1n) is 4.54. The van der Waals surface area contributed by atoms with Crippen molar-refractivity contribution in [3.05, 3.63) is 0 Å². The highest BCUT2D eigenvalue weighted by Gasteiger charge is 2.63. The zero-order valence-corrected chi connectivity index (χ0v) is 7.59. The average Bonchev–Trinajstić information content (AvgIpc) is 2.39. The van der Waals surface area contributed by atoms with Gasteiger partial charge in [0.05, 0.1) is 0 Å². The number of carbonyl (C=O) groups excluding carboxylic acids is 2. The Morgan fingerprint density at radius 1 is 1.50 bits per heavy atom. The van der Waals surface area contributed by atoms with E-state index in [9.17, 15) is 9.59 Å². The molecule has 2 bridgehead atoms. The molecule has 0 amide bonds. The number of rotatable bonds is 1. The maximum Gasteiger partial charge on any atom is 0.140 e. The van der Waals surface area contributed by atoms with Crippen LogP contribution in [-0.2, 0) is 9.59 Å². The molecule has 0 aromatic rings. The zero-order chi connectivity index (χ0) is 8.98. The summed E-state index contributed by atoms with van der Waals surface area (Å²) in [4.78, 5) is 22.6. The third-order valence-corrected chi connectivity index (χ3v) is 4.32. The summed E-state index contributed by atoms with van der Waals surface area (Å²) in [5, 5.41) is 0. The van der Waals surface area contributed by atoms with E-state index in [1.54, 1.807) is 0 Å². The minimum Gasteiger partial charge on any atom is -0.303 e. The van der Waals surface area contributed by atoms with Gasteiger partial charge in [-0.1, -0.05) is 13.8 Å². The molecular formula is C10H14O2. The number of hydrogen-bond acceptors (Lipinski definition) is 2. The second-order valence-corrected chi connectivity index (χ2v) is 4.60. The normalized spacial score (nSPS) is 51.5. The summed E-state index contributed by atoms with van der Waals surface area (Å²) in [6.45, 7) is 3.90. The molecule has 2 aliphatic rings. The Labute approximate surface area is 72.3 Å². The lowest BCUT2D eigenvalue weighted by atomic mass is 9.70. The molecule has 0 heterocycles. The summed E-state index contributed by atoms with van der Waals surface area (Å²) in [7, 11) is 0. The van der Waals surface area contributed by atoms with E-state index in [0.29, 0.717) is 18.1 Å². The Balaban J connectivity index is 2.51. The molecule has 2 aliphatic carbocycles. The fourth-order valence-electron chi connectivity index (χ4n) is 2.91. The minimum absolute atomic E-state index is 0.299. The van der Waals surface area contributed by atoms with E-state index in [4.69, 9.17) is 0 Å². The van der Waals surface area contributed by atoms with Crippen molar-refractivity contribution in [3.63, 3.8) is 0 Å². The van der Waals surface area contributed by atoms with E-state index in [1.165, 1.54) is 0 Å². The van der Waals surface area contributed by atoms with E-state index >= 15 is 0 Å². The standard InChI is InChI=1S/C10H14O2/c1-9-4-3-7(5-8(9)12)10(9,2)6-11/h6-7H,3-5H2,1-2H3/t7-,9+,10-/m0/s1. The summed E-state index contributed by atoms with van der Waals surface area (Å²) in [6, 6.07) is 0. The van der Waals surface area contributed by atoms with Gasteiger partial charge in [-0.3, -0.25) is 4.79 Å². The van der Waals surface area contributed by atoms with Crippen LogP contribution in [-0.4, -0.2) is 12.1 Å². The summed E-state index contributed by atoms with van der Waals surface area (Å²) in [6.07, 6.45) is 3.60. The zero-order valence-electron chi connectivity index (χ0n) is 7.59. The molecule has 0 N–H and O–H groups in total. The van der Waals surface area contributed by atoms with Gasteiger partial charge in [0.15, 0.2) is 0 Å². The fraction of sp³-hybridized carbons (Fsp3) is 0.800. The van der Waals surface area contributed by atoms with Gasteiger partial charge < -0.3 is 4.79 Å². The van der Waals surface area contributed by atoms with Gasteiger partial charge in [0.2, 0.25) is 0 Å². The van der Waals surface area contributed by atoms with Crippen LogP contribution in [0.15, 0.2) is 0 Å². The molecule has 3 atom stereocenters. The summed E-state index contributed by atoms with van der Waals surface area (Å²) in [5.74, 6) is 0.626.